The van der Waals surface area contributed by atoms with Gasteiger partial charge >= 0.3 is 6.18 Å². The molecular weight excluding hydrogens is 337 g/mol. The Labute approximate surface area is 142 Å². The third kappa shape index (κ3) is 4.46. The molecule has 3 rings (SSSR count). The van der Waals surface area contributed by atoms with Gasteiger partial charge in [0.1, 0.15) is 0 Å². The van der Waals surface area contributed by atoms with Gasteiger partial charge in [0.15, 0.2) is 5.13 Å². The number of halogens is 3. The fourth-order valence-electron chi connectivity index (χ4n) is 2.83. The van der Waals surface area contributed by atoms with Gasteiger partial charge in [-0.2, -0.15) is 13.2 Å². The Morgan fingerprint density at radius 1 is 1.08 bits per heavy atom. The van der Waals surface area contributed by atoms with E-state index >= 15 is 0 Å². The molecule has 0 saturated carbocycles. The first-order valence-corrected chi connectivity index (χ1v) is 8.53. The SMILES string of the molecule is Nc1ncc(CN2CCN(Cc3cccc(C(F)(F)F)c3)CC2)s1. The van der Waals surface area contributed by atoms with Crippen LogP contribution in [0.4, 0.5) is 18.3 Å². The summed E-state index contributed by atoms with van der Waals surface area (Å²) in [4.78, 5) is 9.69. The van der Waals surface area contributed by atoms with Gasteiger partial charge in [0.05, 0.1) is 5.56 Å². The summed E-state index contributed by atoms with van der Waals surface area (Å²) in [6, 6.07) is 5.58. The van der Waals surface area contributed by atoms with Gasteiger partial charge in [-0.15, -0.1) is 11.3 Å². The predicted octanol–water partition coefficient (Wildman–Crippen LogP) is 3.06. The molecule has 130 valence electrons. The van der Waals surface area contributed by atoms with Crippen LogP contribution in [0.5, 0.6) is 0 Å². The van der Waals surface area contributed by atoms with Gasteiger partial charge in [-0.25, -0.2) is 4.98 Å². The molecule has 2 aromatic rings. The van der Waals surface area contributed by atoms with Gasteiger partial charge in [-0.3, -0.25) is 9.80 Å². The summed E-state index contributed by atoms with van der Waals surface area (Å²) < 4.78 is 38.3. The summed E-state index contributed by atoms with van der Waals surface area (Å²) in [5, 5.41) is 0.577. The number of hydrogen-bond donors (Lipinski definition) is 1. The number of aromatic nitrogens is 1. The van der Waals surface area contributed by atoms with E-state index < -0.39 is 11.7 Å². The van der Waals surface area contributed by atoms with Crippen molar-refractivity contribution in [1.29, 1.82) is 0 Å². The molecule has 0 radical (unpaired) electrons. The topological polar surface area (TPSA) is 45.4 Å². The number of rotatable bonds is 4. The predicted molar refractivity (Wildman–Crippen MR) is 88.5 cm³/mol. The van der Waals surface area contributed by atoms with Gasteiger partial charge in [0.25, 0.3) is 0 Å². The minimum Gasteiger partial charge on any atom is -0.375 e. The van der Waals surface area contributed by atoms with E-state index in [1.165, 1.54) is 23.5 Å². The molecule has 2 heterocycles. The van der Waals surface area contributed by atoms with Gasteiger partial charge in [0.2, 0.25) is 0 Å². The highest BCUT2D eigenvalue weighted by Crippen LogP contribution is 2.29. The Bertz CT molecular complexity index is 678. The van der Waals surface area contributed by atoms with Crippen LogP contribution in [0, 0.1) is 0 Å². The van der Waals surface area contributed by atoms with Crippen LogP contribution in [-0.4, -0.2) is 41.0 Å². The summed E-state index contributed by atoms with van der Waals surface area (Å²) in [6.45, 7) is 4.82. The summed E-state index contributed by atoms with van der Waals surface area (Å²) in [6.07, 6.45) is -2.49. The molecule has 0 aliphatic carbocycles. The Morgan fingerprint density at radius 3 is 2.33 bits per heavy atom. The molecule has 1 aliphatic rings. The molecule has 2 N–H and O–H groups in total. The minimum absolute atomic E-state index is 0.547. The molecule has 1 saturated heterocycles. The van der Waals surface area contributed by atoms with E-state index in [2.05, 4.69) is 14.8 Å². The maximum absolute atomic E-state index is 12.8. The van der Waals surface area contributed by atoms with Crippen LogP contribution in [0.2, 0.25) is 0 Å². The van der Waals surface area contributed by atoms with Crippen LogP contribution in [0.1, 0.15) is 16.0 Å². The minimum atomic E-state index is -4.29. The largest absolute Gasteiger partial charge is 0.416 e. The number of anilines is 1. The van der Waals surface area contributed by atoms with Gasteiger partial charge < -0.3 is 5.73 Å². The maximum Gasteiger partial charge on any atom is 0.416 e. The number of benzene rings is 1. The van der Waals surface area contributed by atoms with Crippen LogP contribution in [0.25, 0.3) is 0 Å². The smallest absolute Gasteiger partial charge is 0.375 e. The summed E-state index contributed by atoms with van der Waals surface area (Å²) in [5.74, 6) is 0. The fraction of sp³-hybridized carbons (Fsp3) is 0.438. The van der Waals surface area contributed by atoms with Gasteiger partial charge in [-0.1, -0.05) is 18.2 Å². The molecule has 1 aliphatic heterocycles. The molecule has 24 heavy (non-hydrogen) atoms. The second kappa shape index (κ2) is 7.08. The third-order valence-corrected chi connectivity index (χ3v) is 4.89. The number of alkyl halides is 3. The zero-order chi connectivity index (χ0) is 17.2. The molecular formula is C16H19F3N4S. The Morgan fingerprint density at radius 2 is 1.75 bits per heavy atom. The first-order chi connectivity index (χ1) is 11.4. The van der Waals surface area contributed by atoms with Crippen molar-refractivity contribution in [2.45, 2.75) is 19.3 Å². The van der Waals surface area contributed by atoms with Crippen molar-refractivity contribution < 1.29 is 13.2 Å². The first kappa shape index (κ1) is 17.2. The average molecular weight is 356 g/mol. The van der Waals surface area contributed by atoms with Crippen molar-refractivity contribution >= 4 is 16.5 Å². The lowest BCUT2D eigenvalue weighted by molar-refractivity contribution is -0.137. The second-order valence-corrected chi connectivity index (χ2v) is 7.06. The number of thiazole rings is 1. The normalized spacial score (nSPS) is 17.3. The van der Waals surface area contributed by atoms with E-state index in [4.69, 9.17) is 5.73 Å². The maximum atomic E-state index is 12.8. The van der Waals surface area contributed by atoms with Crippen LogP contribution in [0.3, 0.4) is 0 Å². The molecule has 1 aromatic carbocycles. The Balaban J connectivity index is 1.52. The Kier molecular flexibility index (Phi) is 5.07. The molecule has 0 spiro atoms. The van der Waals surface area contributed by atoms with Gasteiger partial charge in [0, 0.05) is 50.3 Å². The molecule has 1 aromatic heterocycles. The van der Waals surface area contributed by atoms with E-state index in [0.29, 0.717) is 17.2 Å². The van der Waals surface area contributed by atoms with E-state index in [1.54, 1.807) is 12.3 Å². The monoisotopic (exact) mass is 356 g/mol. The van der Waals surface area contributed by atoms with Crippen molar-refractivity contribution in [2.75, 3.05) is 31.9 Å². The van der Waals surface area contributed by atoms with E-state index in [1.807, 2.05) is 0 Å². The molecule has 0 atom stereocenters. The number of nitrogens with zero attached hydrogens (tertiary/aromatic N) is 3. The van der Waals surface area contributed by atoms with Crippen molar-refractivity contribution in [3.8, 4) is 0 Å². The number of piperazine rings is 1. The van der Waals surface area contributed by atoms with Crippen molar-refractivity contribution in [2.24, 2.45) is 0 Å². The average Bonchev–Trinajstić information content (AvgIpc) is 2.94. The summed E-state index contributed by atoms with van der Waals surface area (Å²) >= 11 is 1.49. The lowest BCUT2D eigenvalue weighted by Gasteiger charge is -2.34. The van der Waals surface area contributed by atoms with Crippen molar-refractivity contribution in [3.05, 3.63) is 46.5 Å². The van der Waals surface area contributed by atoms with E-state index in [-0.39, 0.29) is 0 Å². The highest BCUT2D eigenvalue weighted by atomic mass is 32.1. The third-order valence-electron chi connectivity index (χ3n) is 4.08. The van der Waals surface area contributed by atoms with Crippen LogP contribution in [-0.2, 0) is 19.3 Å². The van der Waals surface area contributed by atoms with Crippen molar-refractivity contribution in [3.63, 3.8) is 0 Å². The fourth-order valence-corrected chi connectivity index (χ4v) is 3.55. The quantitative estimate of drug-likeness (QED) is 0.915. The van der Waals surface area contributed by atoms with Gasteiger partial charge in [-0.05, 0) is 11.6 Å². The van der Waals surface area contributed by atoms with Crippen molar-refractivity contribution in [1.82, 2.24) is 14.8 Å². The first-order valence-electron chi connectivity index (χ1n) is 7.71. The summed E-state index contributed by atoms with van der Waals surface area (Å²) in [5.41, 5.74) is 5.76. The molecule has 0 unspecified atom stereocenters. The number of nitrogens with two attached hydrogens (primary N) is 1. The summed E-state index contributed by atoms with van der Waals surface area (Å²) in [7, 11) is 0. The number of nitrogen functional groups attached to an aromatic ring is 1. The Hall–Kier alpha value is -1.64. The van der Waals surface area contributed by atoms with E-state index in [9.17, 15) is 13.2 Å². The van der Waals surface area contributed by atoms with Crippen LogP contribution in [0.15, 0.2) is 30.5 Å². The number of hydrogen-bond acceptors (Lipinski definition) is 5. The molecule has 4 nitrogen and oxygen atoms in total. The van der Waals surface area contributed by atoms with Crippen LogP contribution >= 0.6 is 11.3 Å². The zero-order valence-corrected chi connectivity index (χ0v) is 13.9. The lowest BCUT2D eigenvalue weighted by atomic mass is 10.1. The van der Waals surface area contributed by atoms with Crippen LogP contribution < -0.4 is 5.73 Å². The molecule has 1 fully saturated rings. The highest BCUT2D eigenvalue weighted by molar-refractivity contribution is 7.15. The molecule has 0 amide bonds. The zero-order valence-electron chi connectivity index (χ0n) is 13.1. The standard InChI is InChI=1S/C16H19F3N4S/c17-16(18,19)13-3-1-2-12(8-13)10-22-4-6-23(7-5-22)11-14-9-21-15(20)24-14/h1-3,8-9H,4-7,10-11H2,(H2,20,21). The lowest BCUT2D eigenvalue weighted by Crippen LogP contribution is -2.45. The second-order valence-electron chi connectivity index (χ2n) is 5.92. The highest BCUT2D eigenvalue weighted by Gasteiger charge is 2.30. The van der Waals surface area contributed by atoms with E-state index in [0.717, 1.165) is 43.7 Å². The molecule has 0 bridgehead atoms. The molecule has 8 heteroatoms.